The molecule has 0 bridgehead atoms. The monoisotopic (exact) mass is 399 g/mol. The molecule has 0 fully saturated rings. The van der Waals surface area contributed by atoms with Crippen LogP contribution in [0.5, 0.6) is 0 Å². The highest BCUT2D eigenvalue weighted by molar-refractivity contribution is 8.00. The molecule has 138 valence electrons. The fraction of sp³-hybridized carbons (Fsp3) is 0.211. The minimum absolute atomic E-state index is 0.0345. The number of nitrogens with zero attached hydrogens (tertiary/aromatic N) is 4. The van der Waals surface area contributed by atoms with Gasteiger partial charge in [-0.15, -0.1) is 10.2 Å². The summed E-state index contributed by atoms with van der Waals surface area (Å²) in [7, 11) is 0. The molecule has 1 amide bonds. The minimum Gasteiger partial charge on any atom is -0.335 e. The molecule has 0 radical (unpaired) electrons. The molecule has 6 nitrogen and oxygen atoms in total. The zero-order valence-corrected chi connectivity index (χ0v) is 16.2. The Balaban J connectivity index is 1.53. The molecule has 8 heteroatoms. The Hall–Kier alpha value is -2.51. The average molecular weight is 400 g/mol. The van der Waals surface area contributed by atoms with Gasteiger partial charge in [-0.25, -0.2) is 4.68 Å². The zero-order chi connectivity index (χ0) is 19.0. The number of amides is 1. The van der Waals surface area contributed by atoms with E-state index in [0.717, 1.165) is 12.1 Å². The number of fused-ring (bicyclic) bond motifs is 1. The van der Waals surface area contributed by atoms with Crippen molar-refractivity contribution in [1.29, 1.82) is 0 Å². The summed E-state index contributed by atoms with van der Waals surface area (Å²) in [5.74, 6) is 6.67. The second-order valence-electron chi connectivity index (χ2n) is 6.28. The number of hydrogen-bond acceptors (Lipinski definition) is 5. The van der Waals surface area contributed by atoms with Crippen LogP contribution in [0.1, 0.15) is 12.5 Å². The number of rotatable bonds is 4. The summed E-state index contributed by atoms with van der Waals surface area (Å²) in [6.45, 7) is 2.56. The lowest BCUT2D eigenvalue weighted by Crippen LogP contribution is -2.35. The van der Waals surface area contributed by atoms with Crippen LogP contribution in [-0.4, -0.2) is 32.6 Å². The molecule has 1 atom stereocenters. The van der Waals surface area contributed by atoms with Crippen LogP contribution in [0.4, 0.5) is 5.69 Å². The van der Waals surface area contributed by atoms with Gasteiger partial charge in [-0.3, -0.25) is 4.79 Å². The van der Waals surface area contributed by atoms with Crippen molar-refractivity contribution in [3.8, 4) is 11.4 Å². The Kier molecular flexibility index (Phi) is 4.80. The number of hydrogen-bond donors (Lipinski definition) is 1. The fourth-order valence-corrected chi connectivity index (χ4v) is 4.23. The van der Waals surface area contributed by atoms with E-state index < -0.39 is 0 Å². The topological polar surface area (TPSA) is 77.0 Å². The van der Waals surface area contributed by atoms with Crippen LogP contribution in [0, 0.1) is 0 Å². The summed E-state index contributed by atoms with van der Waals surface area (Å²) < 4.78 is 1.38. The van der Waals surface area contributed by atoms with E-state index >= 15 is 0 Å². The first kappa shape index (κ1) is 17.9. The van der Waals surface area contributed by atoms with Crippen molar-refractivity contribution in [2.45, 2.75) is 23.8 Å². The Morgan fingerprint density at radius 3 is 2.74 bits per heavy atom. The maximum Gasteiger partial charge on any atom is 0.240 e. The van der Waals surface area contributed by atoms with Gasteiger partial charge < -0.3 is 10.7 Å². The van der Waals surface area contributed by atoms with Gasteiger partial charge in [0.15, 0.2) is 5.82 Å². The van der Waals surface area contributed by atoms with Crippen LogP contribution in [0.2, 0.25) is 5.02 Å². The second kappa shape index (κ2) is 7.25. The number of thioether (sulfide) groups is 1. The van der Waals surface area contributed by atoms with E-state index in [1.165, 1.54) is 22.0 Å². The lowest BCUT2D eigenvalue weighted by molar-refractivity contribution is -0.117. The normalized spacial score (nSPS) is 14.2. The Labute approximate surface area is 166 Å². The standard InChI is InChI=1S/C19H18ClN5OS/c1-12(18(26)24-11-10-13-6-2-5-9-16(13)24)27-19-23-22-17(25(19)21)14-7-3-4-8-15(14)20/h2-9,12H,10-11,21H2,1H3/t12-/m1/s1. The molecule has 0 saturated heterocycles. The summed E-state index contributed by atoms with van der Waals surface area (Å²) >= 11 is 7.52. The largest absolute Gasteiger partial charge is 0.335 e. The lowest BCUT2D eigenvalue weighted by Gasteiger charge is -2.21. The van der Waals surface area contributed by atoms with Gasteiger partial charge in [0.25, 0.3) is 0 Å². The Morgan fingerprint density at radius 2 is 1.93 bits per heavy atom. The molecule has 0 unspecified atom stereocenters. The van der Waals surface area contributed by atoms with Crippen molar-refractivity contribution in [3.05, 3.63) is 59.1 Å². The molecule has 27 heavy (non-hydrogen) atoms. The Morgan fingerprint density at radius 1 is 1.19 bits per heavy atom. The molecule has 3 aromatic rings. The third-order valence-electron chi connectivity index (χ3n) is 4.56. The number of nitrogens with two attached hydrogens (primary N) is 1. The molecular weight excluding hydrogens is 382 g/mol. The van der Waals surface area contributed by atoms with E-state index in [9.17, 15) is 4.79 Å². The van der Waals surface area contributed by atoms with Crippen molar-refractivity contribution in [3.63, 3.8) is 0 Å². The molecular formula is C19H18ClN5OS. The van der Waals surface area contributed by atoms with Crippen LogP contribution in [0.15, 0.2) is 53.7 Å². The van der Waals surface area contributed by atoms with E-state index in [4.69, 9.17) is 17.4 Å². The number of para-hydroxylation sites is 1. The van der Waals surface area contributed by atoms with Crippen molar-refractivity contribution >= 4 is 35.0 Å². The first-order chi connectivity index (χ1) is 13.1. The quantitative estimate of drug-likeness (QED) is 0.537. The third-order valence-corrected chi connectivity index (χ3v) is 5.94. The molecule has 0 aliphatic carbocycles. The molecule has 4 rings (SSSR count). The number of carbonyl (C=O) groups excluding carboxylic acids is 1. The highest BCUT2D eigenvalue weighted by Gasteiger charge is 2.29. The summed E-state index contributed by atoms with van der Waals surface area (Å²) in [5.41, 5.74) is 2.89. The van der Waals surface area contributed by atoms with Gasteiger partial charge in [0.2, 0.25) is 11.1 Å². The Bertz CT molecular complexity index is 1010. The van der Waals surface area contributed by atoms with Crippen molar-refractivity contribution < 1.29 is 4.79 Å². The van der Waals surface area contributed by atoms with Crippen LogP contribution < -0.4 is 10.7 Å². The number of carbonyl (C=O) groups is 1. The predicted molar refractivity (Wildman–Crippen MR) is 108 cm³/mol. The minimum atomic E-state index is -0.346. The summed E-state index contributed by atoms with van der Waals surface area (Å²) in [5, 5.41) is 8.97. The average Bonchev–Trinajstić information content (AvgIpc) is 3.26. The van der Waals surface area contributed by atoms with E-state index in [1.807, 2.05) is 48.2 Å². The zero-order valence-electron chi connectivity index (χ0n) is 14.7. The van der Waals surface area contributed by atoms with Gasteiger partial charge >= 0.3 is 0 Å². The molecule has 0 saturated carbocycles. The van der Waals surface area contributed by atoms with Crippen LogP contribution >= 0.6 is 23.4 Å². The molecule has 1 aliphatic rings. The number of aromatic nitrogens is 3. The lowest BCUT2D eigenvalue weighted by atomic mass is 10.2. The van der Waals surface area contributed by atoms with Crippen LogP contribution in [0.3, 0.4) is 0 Å². The summed E-state index contributed by atoms with van der Waals surface area (Å²) in [6, 6.07) is 15.3. The second-order valence-corrected chi connectivity index (χ2v) is 8.00. The van der Waals surface area contributed by atoms with Crippen molar-refractivity contribution in [2.75, 3.05) is 17.3 Å². The SMILES string of the molecule is C[C@@H](Sc1nnc(-c2ccccc2Cl)n1N)C(=O)N1CCc2ccccc21. The summed E-state index contributed by atoms with van der Waals surface area (Å²) in [4.78, 5) is 14.8. The van der Waals surface area contributed by atoms with Crippen LogP contribution in [0.25, 0.3) is 11.4 Å². The maximum atomic E-state index is 12.9. The first-order valence-corrected chi connectivity index (χ1v) is 9.83. The third kappa shape index (κ3) is 3.28. The molecule has 0 spiro atoms. The van der Waals surface area contributed by atoms with Gasteiger partial charge in [0, 0.05) is 17.8 Å². The van der Waals surface area contributed by atoms with Gasteiger partial charge in [-0.2, -0.15) is 0 Å². The van der Waals surface area contributed by atoms with Gasteiger partial charge in [-0.05, 0) is 37.1 Å². The van der Waals surface area contributed by atoms with E-state index in [0.29, 0.717) is 28.1 Å². The molecule has 2 aromatic carbocycles. The maximum absolute atomic E-state index is 12.9. The molecule has 1 aliphatic heterocycles. The van der Waals surface area contributed by atoms with Gasteiger partial charge in [0.05, 0.1) is 10.3 Å². The molecule has 2 heterocycles. The number of halogens is 1. The molecule has 1 aromatic heterocycles. The molecule has 2 N–H and O–H groups in total. The number of anilines is 1. The van der Waals surface area contributed by atoms with Crippen molar-refractivity contribution in [2.24, 2.45) is 0 Å². The smallest absolute Gasteiger partial charge is 0.240 e. The van der Waals surface area contributed by atoms with E-state index in [1.54, 1.807) is 6.07 Å². The number of nitrogen functional groups attached to an aromatic ring is 1. The van der Waals surface area contributed by atoms with Gasteiger partial charge in [-0.1, -0.05) is 53.7 Å². The highest BCUT2D eigenvalue weighted by atomic mass is 35.5. The fourth-order valence-electron chi connectivity index (χ4n) is 3.18. The predicted octanol–water partition coefficient (Wildman–Crippen LogP) is 3.38. The highest BCUT2D eigenvalue weighted by Crippen LogP contribution is 2.32. The van der Waals surface area contributed by atoms with E-state index in [-0.39, 0.29) is 11.2 Å². The van der Waals surface area contributed by atoms with Crippen LogP contribution in [-0.2, 0) is 11.2 Å². The van der Waals surface area contributed by atoms with E-state index in [2.05, 4.69) is 16.3 Å². The van der Waals surface area contributed by atoms with Gasteiger partial charge in [0.1, 0.15) is 0 Å². The number of benzene rings is 2. The first-order valence-electron chi connectivity index (χ1n) is 8.57. The summed E-state index contributed by atoms with van der Waals surface area (Å²) in [6.07, 6.45) is 0.878. The van der Waals surface area contributed by atoms with Crippen molar-refractivity contribution in [1.82, 2.24) is 14.9 Å².